The second-order valence-electron chi connectivity index (χ2n) is 6.46. The van der Waals surface area contributed by atoms with Crippen LogP contribution in [0.1, 0.15) is 17.0 Å². The fraction of sp³-hybridized carbons (Fsp3) is 0.333. The summed E-state index contributed by atoms with van der Waals surface area (Å²) in [7, 11) is 1.84. The summed E-state index contributed by atoms with van der Waals surface area (Å²) in [6, 6.07) is 7.90. The lowest BCUT2D eigenvalue weighted by Gasteiger charge is -2.18. The first-order valence-electron chi connectivity index (χ1n) is 8.46. The zero-order chi connectivity index (χ0) is 18.3. The number of hydrogen-bond acceptors (Lipinski definition) is 7. The Labute approximate surface area is 150 Å². The second-order valence-corrected chi connectivity index (χ2v) is 6.46. The number of cyclic esters (lactones) is 1. The fourth-order valence-corrected chi connectivity index (χ4v) is 3.11. The van der Waals surface area contributed by atoms with Crippen molar-refractivity contribution in [2.45, 2.75) is 19.9 Å². The summed E-state index contributed by atoms with van der Waals surface area (Å²) in [6.07, 6.45) is 0.255. The van der Waals surface area contributed by atoms with Gasteiger partial charge in [-0.15, -0.1) is 0 Å². The summed E-state index contributed by atoms with van der Waals surface area (Å²) in [5, 5.41) is 0. The van der Waals surface area contributed by atoms with Gasteiger partial charge in [0.25, 0.3) is 0 Å². The van der Waals surface area contributed by atoms with E-state index in [-0.39, 0.29) is 19.0 Å². The third kappa shape index (κ3) is 2.94. The van der Waals surface area contributed by atoms with Crippen LogP contribution in [0.5, 0.6) is 0 Å². The number of fused-ring (bicyclic) bond motifs is 3. The Kier molecular flexibility index (Phi) is 3.95. The Morgan fingerprint density at radius 3 is 2.85 bits per heavy atom. The topological polar surface area (TPSA) is 99.2 Å². The Morgan fingerprint density at radius 1 is 1.19 bits per heavy atom. The molecule has 8 nitrogen and oxygen atoms in total. The Bertz CT molecular complexity index is 997. The lowest BCUT2D eigenvalue weighted by atomic mass is 10.1. The van der Waals surface area contributed by atoms with Gasteiger partial charge in [-0.25, -0.2) is 4.98 Å². The third-order valence-corrected chi connectivity index (χ3v) is 4.51. The van der Waals surface area contributed by atoms with Crippen LogP contribution in [0.3, 0.4) is 0 Å². The number of aryl methyl sites for hydroxylation is 1. The van der Waals surface area contributed by atoms with Gasteiger partial charge in [0.05, 0.1) is 19.5 Å². The molecule has 3 heterocycles. The Hall–Kier alpha value is -3.16. The average molecular weight is 352 g/mol. The third-order valence-electron chi connectivity index (χ3n) is 4.51. The number of likely N-dealkylation sites (N-methyl/N-ethyl adjacent to an activating group) is 1. The molecular formula is C18H20N6O2. The van der Waals surface area contributed by atoms with E-state index in [4.69, 9.17) is 10.5 Å². The van der Waals surface area contributed by atoms with Gasteiger partial charge >= 0.3 is 5.97 Å². The smallest absolute Gasteiger partial charge is 0.310 e. The van der Waals surface area contributed by atoms with Crippen LogP contribution >= 0.6 is 0 Å². The van der Waals surface area contributed by atoms with E-state index in [0.29, 0.717) is 36.0 Å². The summed E-state index contributed by atoms with van der Waals surface area (Å²) >= 11 is 0. The largest absolute Gasteiger partial charge is 0.464 e. The van der Waals surface area contributed by atoms with Crippen molar-refractivity contribution in [3.63, 3.8) is 0 Å². The first-order chi connectivity index (χ1) is 12.5. The predicted octanol–water partition coefficient (Wildman–Crippen LogP) is 1.30. The van der Waals surface area contributed by atoms with E-state index in [1.165, 1.54) is 0 Å². The van der Waals surface area contributed by atoms with Gasteiger partial charge in [-0.2, -0.15) is 9.97 Å². The second kappa shape index (κ2) is 6.29. The number of nitrogens with zero attached hydrogens (tertiary/aromatic N) is 5. The maximum absolute atomic E-state index is 12.1. The van der Waals surface area contributed by atoms with E-state index in [0.717, 1.165) is 17.0 Å². The lowest BCUT2D eigenvalue weighted by Crippen LogP contribution is -2.26. The number of esters is 1. The van der Waals surface area contributed by atoms with Gasteiger partial charge in [-0.3, -0.25) is 4.79 Å². The Morgan fingerprint density at radius 2 is 2.00 bits per heavy atom. The number of imidazole rings is 1. The molecule has 0 radical (unpaired) electrons. The highest BCUT2D eigenvalue weighted by atomic mass is 16.5. The van der Waals surface area contributed by atoms with Gasteiger partial charge in [0.1, 0.15) is 12.4 Å². The summed E-state index contributed by atoms with van der Waals surface area (Å²) < 4.78 is 7.35. The standard InChI is InChI=1S/C18H20N6O2/c1-11-20-15-16(19)21-18-22-17(15)24(11)10-13-5-3-4-12(8-13)9-14(25)26-7-6-23(18)2/h3-5,8H,6-7,9-10H2,1-2H3,(H2,19,21,22). The zero-order valence-corrected chi connectivity index (χ0v) is 14.8. The van der Waals surface area contributed by atoms with Gasteiger partial charge in [0.2, 0.25) is 5.95 Å². The maximum Gasteiger partial charge on any atom is 0.310 e. The van der Waals surface area contributed by atoms with E-state index in [1.54, 1.807) is 0 Å². The molecule has 8 heteroatoms. The van der Waals surface area contributed by atoms with Crippen LogP contribution in [0.2, 0.25) is 0 Å². The van der Waals surface area contributed by atoms with Crippen molar-refractivity contribution in [2.24, 2.45) is 0 Å². The van der Waals surface area contributed by atoms with Crippen molar-refractivity contribution in [2.75, 3.05) is 30.8 Å². The quantitative estimate of drug-likeness (QED) is 0.609. The molecule has 134 valence electrons. The maximum atomic E-state index is 12.1. The molecule has 0 spiro atoms. The van der Waals surface area contributed by atoms with Crippen LogP contribution in [0.25, 0.3) is 11.2 Å². The summed E-state index contributed by atoms with van der Waals surface area (Å²) in [5.41, 5.74) is 9.41. The molecule has 0 unspecified atom stereocenters. The minimum Gasteiger partial charge on any atom is -0.464 e. The molecule has 0 saturated heterocycles. The highest BCUT2D eigenvalue weighted by Gasteiger charge is 2.17. The van der Waals surface area contributed by atoms with E-state index < -0.39 is 0 Å². The summed E-state index contributed by atoms with van der Waals surface area (Å²) in [4.78, 5) is 27.4. The van der Waals surface area contributed by atoms with Crippen molar-refractivity contribution < 1.29 is 9.53 Å². The molecule has 0 aliphatic carbocycles. The Balaban J connectivity index is 1.88. The first-order valence-corrected chi connectivity index (χ1v) is 8.46. The van der Waals surface area contributed by atoms with Gasteiger partial charge in [0.15, 0.2) is 17.0 Å². The van der Waals surface area contributed by atoms with Crippen molar-refractivity contribution in [1.29, 1.82) is 0 Å². The van der Waals surface area contributed by atoms with Gasteiger partial charge in [-0.1, -0.05) is 24.3 Å². The number of ether oxygens (including phenoxy) is 1. The molecule has 1 aliphatic heterocycles. The van der Waals surface area contributed by atoms with Crippen LogP contribution in [-0.4, -0.2) is 45.7 Å². The molecule has 0 fully saturated rings. The minimum atomic E-state index is -0.247. The minimum absolute atomic E-state index is 0.247. The number of benzene rings is 1. The van der Waals surface area contributed by atoms with Crippen LogP contribution in [-0.2, 0) is 22.5 Å². The molecule has 0 atom stereocenters. The first kappa shape index (κ1) is 16.3. The molecule has 2 aromatic heterocycles. The van der Waals surface area contributed by atoms with Gasteiger partial charge in [-0.05, 0) is 18.1 Å². The summed E-state index contributed by atoms with van der Waals surface area (Å²) in [5.74, 6) is 1.40. The molecule has 26 heavy (non-hydrogen) atoms. The van der Waals surface area contributed by atoms with Crippen molar-refractivity contribution >= 4 is 28.9 Å². The molecule has 1 aliphatic rings. The van der Waals surface area contributed by atoms with Gasteiger partial charge in [0, 0.05) is 7.05 Å². The van der Waals surface area contributed by atoms with Crippen molar-refractivity contribution in [3.8, 4) is 0 Å². The number of anilines is 2. The number of carbonyl (C=O) groups excluding carboxylic acids is 1. The molecule has 0 saturated carbocycles. The summed E-state index contributed by atoms with van der Waals surface area (Å²) in [6.45, 7) is 3.25. The number of carbonyl (C=O) groups is 1. The molecular weight excluding hydrogens is 332 g/mol. The lowest BCUT2D eigenvalue weighted by molar-refractivity contribution is -0.142. The van der Waals surface area contributed by atoms with Crippen LogP contribution in [0.4, 0.5) is 11.8 Å². The van der Waals surface area contributed by atoms with E-state index in [2.05, 4.69) is 15.0 Å². The van der Waals surface area contributed by atoms with E-state index in [1.807, 2.05) is 47.7 Å². The van der Waals surface area contributed by atoms with Crippen LogP contribution in [0.15, 0.2) is 24.3 Å². The normalized spacial score (nSPS) is 15.2. The number of nitrogen functional groups attached to an aromatic ring is 1. The average Bonchev–Trinajstić information content (AvgIpc) is 2.91. The molecule has 1 aromatic carbocycles. The molecule has 4 rings (SSSR count). The predicted molar refractivity (Wildman–Crippen MR) is 97.9 cm³/mol. The molecule has 0 amide bonds. The molecule has 4 bridgehead atoms. The highest BCUT2D eigenvalue weighted by molar-refractivity contribution is 5.83. The van der Waals surface area contributed by atoms with Crippen molar-refractivity contribution in [1.82, 2.24) is 19.5 Å². The highest BCUT2D eigenvalue weighted by Crippen LogP contribution is 2.23. The van der Waals surface area contributed by atoms with E-state index in [9.17, 15) is 4.79 Å². The number of aromatic nitrogens is 4. The zero-order valence-electron chi connectivity index (χ0n) is 14.8. The van der Waals surface area contributed by atoms with Crippen LogP contribution in [0, 0.1) is 6.92 Å². The number of rotatable bonds is 0. The number of hydrogen-bond donors (Lipinski definition) is 1. The molecule has 2 N–H and O–H groups in total. The van der Waals surface area contributed by atoms with Crippen LogP contribution < -0.4 is 10.6 Å². The van der Waals surface area contributed by atoms with E-state index >= 15 is 0 Å². The van der Waals surface area contributed by atoms with Crippen molar-refractivity contribution in [3.05, 3.63) is 41.2 Å². The fourth-order valence-electron chi connectivity index (χ4n) is 3.11. The monoisotopic (exact) mass is 352 g/mol. The molecule has 3 aromatic rings. The van der Waals surface area contributed by atoms with Gasteiger partial charge < -0.3 is 19.9 Å². The number of nitrogens with two attached hydrogens (primary N) is 1. The SMILES string of the molecule is Cc1nc2c(N)nc3nc2n1Cc1cccc(c1)CC(=O)OCCN3C.